The van der Waals surface area contributed by atoms with E-state index in [4.69, 9.17) is 9.63 Å². The lowest BCUT2D eigenvalue weighted by atomic mass is 10.1. The molecule has 2 aromatic heterocycles. The highest BCUT2D eigenvalue weighted by molar-refractivity contribution is 5.89. The van der Waals surface area contributed by atoms with Gasteiger partial charge in [-0.25, -0.2) is 9.78 Å². The van der Waals surface area contributed by atoms with E-state index < -0.39 is 12.0 Å². The van der Waals surface area contributed by atoms with Gasteiger partial charge in [0.2, 0.25) is 0 Å². The molecule has 0 radical (unpaired) electrons. The van der Waals surface area contributed by atoms with E-state index in [-0.39, 0.29) is 18.3 Å². The molecule has 0 fully saturated rings. The molecule has 9 nitrogen and oxygen atoms in total. The number of rotatable bonds is 6. The Morgan fingerprint density at radius 1 is 1.14 bits per heavy atom. The molecule has 0 bridgehead atoms. The molecule has 0 aliphatic carbocycles. The molecule has 0 saturated carbocycles. The van der Waals surface area contributed by atoms with Gasteiger partial charge in [0.1, 0.15) is 5.82 Å². The van der Waals surface area contributed by atoms with Crippen LogP contribution in [0.4, 0.5) is 10.6 Å². The van der Waals surface area contributed by atoms with Crippen LogP contribution in [0.2, 0.25) is 0 Å². The lowest BCUT2D eigenvalue weighted by Gasteiger charge is -2.11. The zero-order chi connectivity index (χ0) is 20.1. The quantitative estimate of drug-likeness (QED) is 0.598. The van der Waals surface area contributed by atoms with Crippen molar-refractivity contribution in [3.8, 4) is 0 Å². The van der Waals surface area contributed by atoms with Crippen LogP contribution < -0.4 is 10.6 Å². The Bertz CT molecular complexity index is 978. The maximum atomic E-state index is 12.3. The van der Waals surface area contributed by atoms with Crippen LogP contribution in [-0.4, -0.2) is 32.2 Å². The van der Waals surface area contributed by atoms with E-state index in [1.165, 1.54) is 0 Å². The molecule has 0 aliphatic heterocycles. The van der Waals surface area contributed by atoms with E-state index in [1.54, 1.807) is 13.0 Å². The monoisotopic (exact) mass is 381 g/mol. The minimum absolute atomic E-state index is 0.113. The first-order valence-electron chi connectivity index (χ1n) is 8.54. The van der Waals surface area contributed by atoms with E-state index in [2.05, 4.69) is 25.8 Å². The topological polar surface area (TPSA) is 130 Å². The number of anilines is 1. The number of benzene rings is 1. The molecule has 28 heavy (non-hydrogen) atoms. The van der Waals surface area contributed by atoms with Gasteiger partial charge in [0.05, 0.1) is 0 Å². The normalized spacial score (nSPS) is 10.5. The van der Waals surface area contributed by atoms with Crippen LogP contribution in [0, 0.1) is 13.8 Å². The van der Waals surface area contributed by atoms with E-state index in [0.717, 1.165) is 16.7 Å². The van der Waals surface area contributed by atoms with Crippen molar-refractivity contribution in [2.24, 2.45) is 0 Å². The lowest BCUT2D eigenvalue weighted by Crippen LogP contribution is -2.24. The molecule has 3 N–H and O–H groups in total. The number of hydrogen-bond donors (Lipinski definition) is 3. The summed E-state index contributed by atoms with van der Waals surface area (Å²) in [6, 6.07) is 11.2. The molecule has 0 aliphatic rings. The summed E-state index contributed by atoms with van der Waals surface area (Å²) in [5.41, 5.74) is 3.21. The standard InChI is InChI=1S/C19H19N5O4/c1-11-8-15(23-19(26)27)21-12(2)14(11)10-20-17(25)18-22-16(24-28-18)9-13-6-4-3-5-7-13/h3-8H,9-10H2,1-2H3,(H,20,25)(H,21,23)(H,26,27). The summed E-state index contributed by atoms with van der Waals surface area (Å²) in [6.07, 6.45) is -0.715. The van der Waals surface area contributed by atoms with Gasteiger partial charge in [-0.2, -0.15) is 4.98 Å². The maximum Gasteiger partial charge on any atom is 0.410 e. The fourth-order valence-corrected chi connectivity index (χ4v) is 2.74. The van der Waals surface area contributed by atoms with Gasteiger partial charge in [-0.1, -0.05) is 35.5 Å². The van der Waals surface area contributed by atoms with Crippen molar-refractivity contribution in [1.82, 2.24) is 20.4 Å². The Kier molecular flexibility index (Phi) is 5.64. The molecular weight excluding hydrogens is 362 g/mol. The van der Waals surface area contributed by atoms with Crippen molar-refractivity contribution >= 4 is 17.8 Å². The average Bonchev–Trinajstić information content (AvgIpc) is 3.09. The van der Waals surface area contributed by atoms with E-state index in [0.29, 0.717) is 17.9 Å². The fourth-order valence-electron chi connectivity index (χ4n) is 2.74. The predicted octanol–water partition coefficient (Wildman–Crippen LogP) is 2.69. The smallest absolute Gasteiger partial charge is 0.410 e. The molecule has 0 unspecified atom stereocenters. The van der Waals surface area contributed by atoms with Gasteiger partial charge in [-0.05, 0) is 36.6 Å². The minimum atomic E-state index is -1.19. The molecule has 1 aromatic carbocycles. The Balaban J connectivity index is 1.64. The van der Waals surface area contributed by atoms with Gasteiger partial charge < -0.3 is 14.9 Å². The van der Waals surface area contributed by atoms with Crippen molar-refractivity contribution in [3.63, 3.8) is 0 Å². The second-order valence-corrected chi connectivity index (χ2v) is 6.18. The summed E-state index contributed by atoms with van der Waals surface area (Å²) >= 11 is 0. The van der Waals surface area contributed by atoms with Crippen LogP contribution in [0.25, 0.3) is 0 Å². The number of aromatic nitrogens is 3. The summed E-state index contributed by atoms with van der Waals surface area (Å²) in [4.78, 5) is 31.3. The van der Waals surface area contributed by atoms with Crippen molar-refractivity contribution in [2.75, 3.05) is 5.32 Å². The first kappa shape index (κ1) is 19.0. The van der Waals surface area contributed by atoms with Crippen LogP contribution in [0.5, 0.6) is 0 Å². The first-order valence-corrected chi connectivity index (χ1v) is 8.54. The zero-order valence-corrected chi connectivity index (χ0v) is 15.4. The summed E-state index contributed by atoms with van der Waals surface area (Å²) in [5, 5.41) is 17.6. The number of carboxylic acid groups (broad SMARTS) is 1. The number of carbonyl (C=O) groups is 2. The summed E-state index contributed by atoms with van der Waals surface area (Å²) in [7, 11) is 0. The Morgan fingerprint density at radius 2 is 1.89 bits per heavy atom. The van der Waals surface area contributed by atoms with E-state index in [1.807, 2.05) is 37.3 Å². The highest BCUT2D eigenvalue weighted by Crippen LogP contribution is 2.16. The summed E-state index contributed by atoms with van der Waals surface area (Å²) in [5.74, 6) is 0.0613. The van der Waals surface area contributed by atoms with Crippen LogP contribution in [0.1, 0.15) is 38.9 Å². The van der Waals surface area contributed by atoms with Gasteiger partial charge >= 0.3 is 17.9 Å². The Morgan fingerprint density at radius 3 is 2.57 bits per heavy atom. The number of nitrogens with one attached hydrogen (secondary N) is 2. The van der Waals surface area contributed by atoms with Crippen LogP contribution in [-0.2, 0) is 13.0 Å². The predicted molar refractivity (Wildman–Crippen MR) is 100 cm³/mol. The molecule has 2 amide bonds. The maximum absolute atomic E-state index is 12.3. The number of hydrogen-bond acceptors (Lipinski definition) is 6. The third-order valence-corrected chi connectivity index (χ3v) is 4.08. The molecule has 0 spiro atoms. The van der Waals surface area contributed by atoms with Gasteiger partial charge in [0.25, 0.3) is 0 Å². The van der Waals surface area contributed by atoms with E-state index >= 15 is 0 Å². The van der Waals surface area contributed by atoms with Crippen molar-refractivity contribution in [2.45, 2.75) is 26.8 Å². The molecule has 9 heteroatoms. The highest BCUT2D eigenvalue weighted by atomic mass is 16.5. The number of nitrogens with zero attached hydrogens (tertiary/aromatic N) is 3. The van der Waals surface area contributed by atoms with Crippen molar-refractivity contribution < 1.29 is 19.2 Å². The second-order valence-electron chi connectivity index (χ2n) is 6.18. The van der Waals surface area contributed by atoms with Gasteiger partial charge in [-0.15, -0.1) is 0 Å². The largest absolute Gasteiger partial charge is 0.465 e. The van der Waals surface area contributed by atoms with E-state index in [9.17, 15) is 9.59 Å². The molecule has 0 saturated heterocycles. The third kappa shape index (κ3) is 4.70. The van der Waals surface area contributed by atoms with Crippen LogP contribution in [0.3, 0.4) is 0 Å². The molecule has 144 valence electrons. The fraction of sp³-hybridized carbons (Fsp3) is 0.211. The molecular formula is C19H19N5O4. The van der Waals surface area contributed by atoms with Gasteiger partial charge in [0.15, 0.2) is 5.82 Å². The SMILES string of the molecule is Cc1cc(NC(=O)O)nc(C)c1CNC(=O)c1nc(Cc2ccccc2)no1. The summed E-state index contributed by atoms with van der Waals surface area (Å²) in [6.45, 7) is 3.76. The second kappa shape index (κ2) is 8.30. The Labute approximate surface area is 160 Å². The van der Waals surface area contributed by atoms with Gasteiger partial charge in [0, 0.05) is 18.7 Å². The first-order chi connectivity index (χ1) is 13.4. The lowest BCUT2D eigenvalue weighted by molar-refractivity contribution is 0.0907. The molecule has 3 rings (SSSR count). The van der Waals surface area contributed by atoms with Crippen molar-refractivity contribution in [3.05, 3.63) is 70.5 Å². The molecule has 0 atom stereocenters. The van der Waals surface area contributed by atoms with Gasteiger partial charge in [-0.3, -0.25) is 10.1 Å². The third-order valence-electron chi connectivity index (χ3n) is 4.08. The average molecular weight is 381 g/mol. The van der Waals surface area contributed by atoms with Crippen molar-refractivity contribution in [1.29, 1.82) is 0 Å². The number of aryl methyl sites for hydroxylation is 2. The summed E-state index contributed by atoms with van der Waals surface area (Å²) < 4.78 is 5.05. The molecule has 2 heterocycles. The number of amides is 2. The molecule has 3 aromatic rings. The Hall–Kier alpha value is -3.75. The highest BCUT2D eigenvalue weighted by Gasteiger charge is 2.16. The number of carbonyl (C=O) groups excluding carboxylic acids is 1. The number of pyridine rings is 1. The van der Waals surface area contributed by atoms with Crippen LogP contribution in [0.15, 0.2) is 40.9 Å². The zero-order valence-electron chi connectivity index (χ0n) is 15.4. The minimum Gasteiger partial charge on any atom is -0.465 e. The van der Waals surface area contributed by atoms with Crippen LogP contribution >= 0.6 is 0 Å².